The third-order valence-electron chi connectivity index (χ3n) is 7.18. The summed E-state index contributed by atoms with van der Waals surface area (Å²) < 4.78 is 54.7. The van der Waals surface area contributed by atoms with Gasteiger partial charge in [0.2, 0.25) is 11.8 Å². The molecule has 11 heteroatoms. The molecule has 2 amide bonds. The molecular weight excluding hydrogens is 573 g/mol. The summed E-state index contributed by atoms with van der Waals surface area (Å²) >= 11 is 0. The monoisotopic (exact) mass is 613 g/mol. The summed E-state index contributed by atoms with van der Waals surface area (Å²) in [6.07, 6.45) is 0.670. The minimum Gasteiger partial charge on any atom is -0.493 e. The number of carbonyl (C=O) groups is 2. The lowest BCUT2D eigenvalue weighted by atomic mass is 10.1. The zero-order valence-corrected chi connectivity index (χ0v) is 26.5. The van der Waals surface area contributed by atoms with Gasteiger partial charge < -0.3 is 19.7 Å². The van der Waals surface area contributed by atoms with E-state index in [1.807, 2.05) is 33.8 Å². The van der Waals surface area contributed by atoms with Gasteiger partial charge in [0.15, 0.2) is 11.5 Å². The van der Waals surface area contributed by atoms with Crippen molar-refractivity contribution in [3.63, 3.8) is 0 Å². The molecule has 0 aliphatic heterocycles. The minimum absolute atomic E-state index is 0.125. The maximum absolute atomic E-state index is 14.7. The normalized spacial score (nSPS) is 12.7. The zero-order valence-electron chi connectivity index (χ0n) is 25.7. The number of nitrogens with one attached hydrogen (secondary N) is 1. The van der Waals surface area contributed by atoms with E-state index in [0.717, 1.165) is 15.4 Å². The van der Waals surface area contributed by atoms with Gasteiger partial charge in [0, 0.05) is 24.2 Å². The van der Waals surface area contributed by atoms with Crippen molar-refractivity contribution in [2.24, 2.45) is 0 Å². The first-order valence-electron chi connectivity index (χ1n) is 14.0. The number of nitrogens with zero attached hydrogens (tertiary/aromatic N) is 2. The predicted octanol–water partition coefficient (Wildman–Crippen LogP) is 4.99. The molecule has 0 saturated carbocycles. The highest BCUT2D eigenvalue weighted by Crippen LogP contribution is 2.33. The maximum Gasteiger partial charge on any atom is 0.264 e. The molecule has 0 aliphatic carbocycles. The lowest BCUT2D eigenvalue weighted by molar-refractivity contribution is -0.139. The Bertz CT molecular complexity index is 1540. The van der Waals surface area contributed by atoms with Crippen LogP contribution >= 0.6 is 0 Å². The first kappa shape index (κ1) is 33.4. The van der Waals surface area contributed by atoms with Gasteiger partial charge in [0.25, 0.3) is 10.0 Å². The van der Waals surface area contributed by atoms with Gasteiger partial charge in [-0.3, -0.25) is 13.9 Å². The van der Waals surface area contributed by atoms with Gasteiger partial charge in [-0.05, 0) is 75.6 Å². The molecule has 9 nitrogen and oxygen atoms in total. The number of hydrogen-bond donors (Lipinski definition) is 1. The van der Waals surface area contributed by atoms with Crippen LogP contribution in [0.4, 0.5) is 10.1 Å². The highest BCUT2D eigenvalue weighted by Gasteiger charge is 2.33. The van der Waals surface area contributed by atoms with Crippen molar-refractivity contribution in [1.29, 1.82) is 0 Å². The Morgan fingerprint density at radius 3 is 2.14 bits per heavy atom. The topological polar surface area (TPSA) is 105 Å². The molecule has 0 spiro atoms. The largest absolute Gasteiger partial charge is 0.493 e. The summed E-state index contributed by atoms with van der Waals surface area (Å²) in [7, 11) is -1.51. The number of aryl methyl sites for hydroxylation is 2. The average molecular weight is 614 g/mol. The van der Waals surface area contributed by atoms with Crippen molar-refractivity contribution in [1.82, 2.24) is 10.2 Å². The fourth-order valence-electron chi connectivity index (χ4n) is 4.59. The second kappa shape index (κ2) is 14.4. The maximum atomic E-state index is 14.7. The second-order valence-corrected chi connectivity index (χ2v) is 12.3. The summed E-state index contributed by atoms with van der Waals surface area (Å²) in [6, 6.07) is 14.2. The second-order valence-electron chi connectivity index (χ2n) is 10.5. The molecule has 0 aromatic heterocycles. The number of anilines is 1. The lowest BCUT2D eigenvalue weighted by Crippen LogP contribution is -2.52. The first-order chi connectivity index (χ1) is 20.3. The van der Waals surface area contributed by atoms with E-state index >= 15 is 0 Å². The summed E-state index contributed by atoms with van der Waals surface area (Å²) in [5.41, 5.74) is 2.04. The van der Waals surface area contributed by atoms with Gasteiger partial charge in [0.05, 0.1) is 24.8 Å². The number of carbonyl (C=O) groups excluding carboxylic acids is 2. The molecule has 2 atom stereocenters. The Balaban J connectivity index is 2.12. The van der Waals surface area contributed by atoms with Crippen LogP contribution in [0.15, 0.2) is 65.6 Å². The van der Waals surface area contributed by atoms with Crippen molar-refractivity contribution in [2.45, 2.75) is 64.6 Å². The minimum atomic E-state index is -4.35. The number of methoxy groups -OCH3 is 2. The molecule has 0 fully saturated rings. The van der Waals surface area contributed by atoms with Gasteiger partial charge >= 0.3 is 0 Å². The molecule has 1 N–H and O–H groups in total. The number of benzene rings is 3. The van der Waals surface area contributed by atoms with Crippen LogP contribution in [0.1, 0.15) is 43.9 Å². The number of sulfonamides is 1. The Labute approximate surface area is 253 Å². The van der Waals surface area contributed by atoms with Crippen molar-refractivity contribution < 1.29 is 31.9 Å². The van der Waals surface area contributed by atoms with Crippen molar-refractivity contribution in [2.75, 3.05) is 25.1 Å². The zero-order chi connectivity index (χ0) is 31.9. The SMILES string of the molecule is CCC(C)NC(=O)C(C)N(Cc1ccccc1F)C(=O)CN(c1cc(C)cc(C)c1)S(=O)(=O)c1ccc(OC)c(OC)c1. The number of amides is 2. The molecule has 0 saturated heterocycles. The lowest BCUT2D eigenvalue weighted by Gasteiger charge is -2.32. The molecule has 0 bridgehead atoms. The molecule has 3 aromatic carbocycles. The van der Waals surface area contributed by atoms with Gasteiger partial charge in [-0.1, -0.05) is 31.2 Å². The Morgan fingerprint density at radius 1 is 0.930 bits per heavy atom. The standard InChI is InChI=1S/C32H40FN3O6S/c1-8-23(4)34-32(38)24(5)35(19-25-11-9-10-12-28(25)33)31(37)20-36(26-16-21(2)15-22(3)17-26)43(39,40)27-13-14-29(41-6)30(18-27)42-7/h9-18,23-24H,8,19-20H2,1-7H3,(H,34,38). The number of hydrogen-bond acceptors (Lipinski definition) is 6. The van der Waals surface area contributed by atoms with Gasteiger partial charge in [0.1, 0.15) is 18.4 Å². The van der Waals surface area contributed by atoms with E-state index in [2.05, 4.69) is 5.32 Å². The molecule has 0 radical (unpaired) electrons. The van der Waals surface area contributed by atoms with E-state index in [1.54, 1.807) is 25.1 Å². The summed E-state index contributed by atoms with van der Waals surface area (Å²) in [4.78, 5) is 28.3. The van der Waals surface area contributed by atoms with Gasteiger partial charge in [-0.2, -0.15) is 0 Å². The highest BCUT2D eigenvalue weighted by molar-refractivity contribution is 7.92. The Hall–Kier alpha value is -4.12. The molecule has 3 aromatic rings. The molecule has 232 valence electrons. The van der Waals surface area contributed by atoms with Crippen LogP contribution in [0.3, 0.4) is 0 Å². The van der Waals surface area contributed by atoms with Crippen LogP contribution in [0, 0.1) is 19.7 Å². The van der Waals surface area contributed by atoms with E-state index in [4.69, 9.17) is 9.47 Å². The third-order valence-corrected chi connectivity index (χ3v) is 8.95. The highest BCUT2D eigenvalue weighted by atomic mass is 32.2. The molecular formula is C32H40FN3O6S. The number of rotatable bonds is 13. The van der Waals surface area contributed by atoms with Gasteiger partial charge in [-0.15, -0.1) is 0 Å². The summed E-state index contributed by atoms with van der Waals surface area (Å²) in [6.45, 7) is 8.06. The molecule has 3 rings (SSSR count). The summed E-state index contributed by atoms with van der Waals surface area (Å²) in [5.74, 6) is -1.11. The van der Waals surface area contributed by atoms with Crippen molar-refractivity contribution >= 4 is 27.5 Å². The number of halogens is 1. The summed E-state index contributed by atoms with van der Waals surface area (Å²) in [5, 5.41) is 2.86. The third kappa shape index (κ3) is 8.04. The Kier molecular flexibility index (Phi) is 11.2. The fourth-order valence-corrected chi connectivity index (χ4v) is 6.00. The average Bonchev–Trinajstić information content (AvgIpc) is 2.97. The van der Waals surface area contributed by atoms with Crippen LogP contribution in [0.5, 0.6) is 11.5 Å². The molecule has 0 heterocycles. The smallest absolute Gasteiger partial charge is 0.264 e. The quantitative estimate of drug-likeness (QED) is 0.291. The van der Waals surface area contributed by atoms with E-state index in [0.29, 0.717) is 12.2 Å². The van der Waals surface area contributed by atoms with E-state index < -0.39 is 40.2 Å². The van der Waals surface area contributed by atoms with Crippen LogP contribution < -0.4 is 19.1 Å². The van der Waals surface area contributed by atoms with E-state index in [1.165, 1.54) is 55.5 Å². The van der Waals surface area contributed by atoms with E-state index in [-0.39, 0.29) is 34.5 Å². The number of ether oxygens (including phenoxy) is 2. The fraction of sp³-hybridized carbons (Fsp3) is 0.375. The van der Waals surface area contributed by atoms with E-state index in [9.17, 15) is 22.4 Å². The van der Waals surface area contributed by atoms with Crippen LogP contribution in [-0.4, -0.2) is 58.0 Å². The van der Waals surface area contributed by atoms with Crippen LogP contribution in [0.2, 0.25) is 0 Å². The predicted molar refractivity (Wildman–Crippen MR) is 164 cm³/mol. The van der Waals surface area contributed by atoms with Crippen molar-refractivity contribution in [3.05, 3.63) is 83.2 Å². The van der Waals surface area contributed by atoms with Crippen molar-refractivity contribution in [3.8, 4) is 11.5 Å². The van der Waals surface area contributed by atoms with Crippen LogP contribution in [-0.2, 0) is 26.2 Å². The van der Waals surface area contributed by atoms with Gasteiger partial charge in [-0.25, -0.2) is 12.8 Å². The molecule has 43 heavy (non-hydrogen) atoms. The molecule has 0 aliphatic rings. The Morgan fingerprint density at radius 2 is 1.56 bits per heavy atom. The first-order valence-corrected chi connectivity index (χ1v) is 15.4. The molecule has 2 unspecified atom stereocenters. The van der Waals surface area contributed by atoms with Crippen LogP contribution in [0.25, 0.3) is 0 Å².